The molecule has 0 spiro atoms. The highest BCUT2D eigenvalue weighted by molar-refractivity contribution is 9.10. The lowest BCUT2D eigenvalue weighted by atomic mass is 10.1. The maximum atomic E-state index is 12.8. The molecule has 2 heterocycles. The highest BCUT2D eigenvalue weighted by Gasteiger charge is 2.25. The molecule has 0 unspecified atom stereocenters. The number of halogens is 1. The zero-order valence-corrected chi connectivity index (χ0v) is 17.2. The first-order chi connectivity index (χ1) is 12.5. The highest BCUT2D eigenvalue weighted by atomic mass is 79.9. The third-order valence-electron chi connectivity index (χ3n) is 5.02. The van der Waals surface area contributed by atoms with Gasteiger partial charge in [-0.15, -0.1) is 0 Å². The van der Waals surface area contributed by atoms with Crippen molar-refractivity contribution in [1.82, 2.24) is 9.88 Å². The van der Waals surface area contributed by atoms with Gasteiger partial charge >= 0.3 is 0 Å². The molecule has 1 aromatic heterocycles. The van der Waals surface area contributed by atoms with Crippen molar-refractivity contribution in [1.29, 1.82) is 0 Å². The summed E-state index contributed by atoms with van der Waals surface area (Å²) in [6, 6.07) is 11.9. The fourth-order valence-corrected chi connectivity index (χ4v) is 4.79. The first-order valence-corrected chi connectivity index (χ1v) is 10.3. The minimum absolute atomic E-state index is 0.0906. The number of amides is 1. The van der Waals surface area contributed by atoms with Crippen LogP contribution in [0.25, 0.3) is 10.2 Å². The average Bonchev–Trinajstić information content (AvgIpc) is 3.10. The number of hydrogen-bond donors (Lipinski definition) is 0. The van der Waals surface area contributed by atoms with E-state index < -0.39 is 0 Å². The second-order valence-corrected chi connectivity index (χ2v) is 8.47. The molecule has 1 saturated heterocycles. The van der Waals surface area contributed by atoms with E-state index in [0.717, 1.165) is 33.8 Å². The third kappa shape index (κ3) is 3.12. The molecule has 0 bridgehead atoms. The summed E-state index contributed by atoms with van der Waals surface area (Å²) < 4.78 is 2.08. The Labute approximate surface area is 165 Å². The second kappa shape index (κ2) is 7.00. The van der Waals surface area contributed by atoms with Crippen LogP contribution in [-0.2, 0) is 0 Å². The number of thiazole rings is 1. The number of nitrogens with zero attached hydrogens (tertiary/aromatic N) is 3. The summed E-state index contributed by atoms with van der Waals surface area (Å²) in [4.78, 5) is 21.8. The summed E-state index contributed by atoms with van der Waals surface area (Å²) in [5, 5.41) is 1.06. The van der Waals surface area contributed by atoms with Gasteiger partial charge in [0.2, 0.25) is 0 Å². The van der Waals surface area contributed by atoms with Crippen LogP contribution in [0.4, 0.5) is 5.13 Å². The standard InChI is InChI=1S/C20H20BrN3OS/c1-13-7-8-17-18(14(13)2)22-20(26-17)24-11-9-23(10-12-24)19(25)15-5-3-4-6-16(15)21/h3-8H,9-12H2,1-2H3. The number of piperazine rings is 1. The van der Waals surface area contributed by atoms with E-state index in [2.05, 4.69) is 46.8 Å². The van der Waals surface area contributed by atoms with Crippen LogP contribution >= 0.6 is 27.3 Å². The van der Waals surface area contributed by atoms with Crippen LogP contribution in [0.1, 0.15) is 21.5 Å². The van der Waals surface area contributed by atoms with Crippen LogP contribution in [0.3, 0.4) is 0 Å². The van der Waals surface area contributed by atoms with Crippen molar-refractivity contribution >= 4 is 48.5 Å². The summed E-state index contributed by atoms with van der Waals surface area (Å²) in [5.41, 5.74) is 4.37. The SMILES string of the molecule is Cc1ccc2sc(N3CCN(C(=O)c4ccccc4Br)CC3)nc2c1C. The van der Waals surface area contributed by atoms with E-state index in [4.69, 9.17) is 4.98 Å². The molecule has 2 aromatic carbocycles. The van der Waals surface area contributed by atoms with Crippen LogP contribution in [0, 0.1) is 13.8 Å². The fourth-order valence-electron chi connectivity index (χ4n) is 3.26. The van der Waals surface area contributed by atoms with E-state index in [1.807, 2.05) is 29.2 Å². The largest absolute Gasteiger partial charge is 0.345 e. The van der Waals surface area contributed by atoms with Crippen LogP contribution in [0.15, 0.2) is 40.9 Å². The normalized spacial score (nSPS) is 14.9. The number of fused-ring (bicyclic) bond motifs is 1. The van der Waals surface area contributed by atoms with Crippen LogP contribution in [0.2, 0.25) is 0 Å². The molecule has 1 aliphatic heterocycles. The third-order valence-corrected chi connectivity index (χ3v) is 6.79. The highest BCUT2D eigenvalue weighted by Crippen LogP contribution is 2.32. The van der Waals surface area contributed by atoms with Gasteiger partial charge in [-0.3, -0.25) is 4.79 Å². The number of anilines is 1. The molecule has 1 amide bonds. The molecule has 1 fully saturated rings. The topological polar surface area (TPSA) is 36.4 Å². The van der Waals surface area contributed by atoms with Crippen molar-refractivity contribution in [2.75, 3.05) is 31.1 Å². The van der Waals surface area contributed by atoms with Crippen LogP contribution < -0.4 is 4.90 Å². The van der Waals surface area contributed by atoms with E-state index >= 15 is 0 Å². The van der Waals surface area contributed by atoms with E-state index in [-0.39, 0.29) is 5.91 Å². The van der Waals surface area contributed by atoms with Gasteiger partial charge in [0, 0.05) is 30.7 Å². The maximum absolute atomic E-state index is 12.8. The van der Waals surface area contributed by atoms with Crippen LogP contribution in [0.5, 0.6) is 0 Å². The van der Waals surface area contributed by atoms with Gasteiger partial charge in [-0.2, -0.15) is 0 Å². The number of carbonyl (C=O) groups is 1. The maximum Gasteiger partial charge on any atom is 0.255 e. The summed E-state index contributed by atoms with van der Waals surface area (Å²) in [6.07, 6.45) is 0. The summed E-state index contributed by atoms with van der Waals surface area (Å²) in [5.74, 6) is 0.0906. The monoisotopic (exact) mass is 429 g/mol. The molecule has 1 aliphatic rings. The quantitative estimate of drug-likeness (QED) is 0.595. The Kier molecular flexibility index (Phi) is 4.71. The molecule has 3 aromatic rings. The molecule has 26 heavy (non-hydrogen) atoms. The molecular formula is C20H20BrN3OS. The minimum Gasteiger partial charge on any atom is -0.345 e. The van der Waals surface area contributed by atoms with Gasteiger partial charge in [-0.1, -0.05) is 29.5 Å². The van der Waals surface area contributed by atoms with Crippen molar-refractivity contribution in [2.45, 2.75) is 13.8 Å². The van der Waals surface area contributed by atoms with Gasteiger partial charge in [0.05, 0.1) is 15.8 Å². The molecule has 0 aliphatic carbocycles. The summed E-state index contributed by atoms with van der Waals surface area (Å²) in [7, 11) is 0. The molecule has 134 valence electrons. The van der Waals surface area contributed by atoms with Gasteiger partial charge in [0.15, 0.2) is 5.13 Å². The molecule has 0 saturated carbocycles. The van der Waals surface area contributed by atoms with Crippen molar-refractivity contribution in [3.63, 3.8) is 0 Å². The fraction of sp³-hybridized carbons (Fsp3) is 0.300. The lowest BCUT2D eigenvalue weighted by Gasteiger charge is -2.34. The Balaban J connectivity index is 1.49. The zero-order chi connectivity index (χ0) is 18.3. The Morgan fingerprint density at radius 1 is 1.08 bits per heavy atom. The van der Waals surface area contributed by atoms with Gasteiger partial charge < -0.3 is 9.80 Å². The van der Waals surface area contributed by atoms with E-state index in [0.29, 0.717) is 13.1 Å². The summed E-state index contributed by atoms with van der Waals surface area (Å²) in [6.45, 7) is 7.32. The number of hydrogen-bond acceptors (Lipinski definition) is 4. The molecule has 0 atom stereocenters. The van der Waals surface area contributed by atoms with Crippen molar-refractivity contribution in [3.05, 3.63) is 57.6 Å². The lowest BCUT2D eigenvalue weighted by Crippen LogP contribution is -2.48. The number of benzene rings is 2. The van der Waals surface area contributed by atoms with Gasteiger partial charge in [0.25, 0.3) is 5.91 Å². The lowest BCUT2D eigenvalue weighted by molar-refractivity contribution is 0.0746. The Morgan fingerprint density at radius 3 is 2.54 bits per heavy atom. The van der Waals surface area contributed by atoms with E-state index in [1.165, 1.54) is 15.8 Å². The van der Waals surface area contributed by atoms with Crippen molar-refractivity contribution < 1.29 is 4.79 Å². The molecule has 6 heteroatoms. The van der Waals surface area contributed by atoms with Crippen molar-refractivity contribution in [2.24, 2.45) is 0 Å². The van der Waals surface area contributed by atoms with E-state index in [1.54, 1.807) is 11.3 Å². The number of rotatable bonds is 2. The summed E-state index contributed by atoms with van der Waals surface area (Å²) >= 11 is 5.22. The molecule has 0 N–H and O–H groups in total. The Hall–Kier alpha value is -1.92. The number of carbonyl (C=O) groups excluding carboxylic acids is 1. The first-order valence-electron chi connectivity index (χ1n) is 8.70. The molecule has 4 nitrogen and oxygen atoms in total. The Bertz CT molecular complexity index is 976. The predicted molar refractivity (Wildman–Crippen MR) is 111 cm³/mol. The second-order valence-electron chi connectivity index (χ2n) is 6.61. The minimum atomic E-state index is 0.0906. The molecule has 4 rings (SSSR count). The van der Waals surface area contributed by atoms with Gasteiger partial charge in [-0.25, -0.2) is 4.98 Å². The Morgan fingerprint density at radius 2 is 1.81 bits per heavy atom. The smallest absolute Gasteiger partial charge is 0.255 e. The molecular weight excluding hydrogens is 410 g/mol. The van der Waals surface area contributed by atoms with Gasteiger partial charge in [0.1, 0.15) is 0 Å². The van der Waals surface area contributed by atoms with Crippen molar-refractivity contribution in [3.8, 4) is 0 Å². The average molecular weight is 430 g/mol. The van der Waals surface area contributed by atoms with E-state index in [9.17, 15) is 4.79 Å². The zero-order valence-electron chi connectivity index (χ0n) is 14.8. The number of aromatic nitrogens is 1. The number of aryl methyl sites for hydroxylation is 2. The first kappa shape index (κ1) is 17.5. The van der Waals surface area contributed by atoms with Gasteiger partial charge in [-0.05, 0) is 59.1 Å². The van der Waals surface area contributed by atoms with Crippen LogP contribution in [-0.4, -0.2) is 42.0 Å². The molecule has 0 radical (unpaired) electrons. The predicted octanol–water partition coefficient (Wildman–Crippen LogP) is 4.64.